The number of aromatic nitrogens is 1. The minimum absolute atomic E-state index is 0. The van der Waals surface area contributed by atoms with Crippen molar-refractivity contribution in [2.75, 3.05) is 13.6 Å². The number of rotatable bonds is 5. The Balaban J connectivity index is 0.000000302. The second kappa shape index (κ2) is 13.9. The van der Waals surface area contributed by atoms with E-state index in [0.29, 0.717) is 17.8 Å². The fraction of sp³-hybridized carbons (Fsp3) is 0.130. The molecule has 0 amide bonds. The van der Waals surface area contributed by atoms with Crippen LogP contribution in [0.1, 0.15) is 21.6 Å². The Hall–Kier alpha value is -3.26. The summed E-state index contributed by atoms with van der Waals surface area (Å²) in [6.45, 7) is 0.618. The summed E-state index contributed by atoms with van der Waals surface area (Å²) >= 11 is 0. The van der Waals surface area contributed by atoms with Crippen molar-refractivity contribution in [2.24, 2.45) is 10.7 Å². The molecule has 0 spiro atoms. The standard InChI is InChI=1S/C12H8NO.C11H15N5.Au/c14-12(10-6-2-1-3-7-10)11-8-4-5-9-13-11;1-16(11(14)15-10(12)13)8-7-9-5-3-2-4-6-9;/h1-6,8-9H;2-6H,7-8H2,1H3,(H3-2,12,13,14,15);/q-1;-2;+3. The Kier molecular flexibility index (Phi) is 11.5. The molecule has 0 bridgehead atoms. The number of hydrogen-bond acceptors (Lipinski definition) is 2. The van der Waals surface area contributed by atoms with Crippen LogP contribution in [-0.4, -0.2) is 41.2 Å². The number of nitrogens with zero attached hydrogens (tertiary/aromatic N) is 4. The summed E-state index contributed by atoms with van der Waals surface area (Å²) in [7, 11) is 1.70. The molecule has 0 atom stereocenters. The van der Waals surface area contributed by atoms with E-state index in [1.54, 1.807) is 48.5 Å². The van der Waals surface area contributed by atoms with Gasteiger partial charge in [0.25, 0.3) is 0 Å². The van der Waals surface area contributed by atoms with Crippen LogP contribution in [0.2, 0.25) is 0 Å². The minimum atomic E-state index is -0.399. The van der Waals surface area contributed by atoms with E-state index in [2.05, 4.69) is 16.0 Å². The summed E-state index contributed by atoms with van der Waals surface area (Å²) in [5.41, 5.74) is 14.2. The number of likely N-dealkylation sites (N-methyl/N-ethyl adjacent to an activating group) is 1. The number of guanidine groups is 2. The topological polar surface area (TPSA) is 118 Å². The number of carbonyl (C=O) groups excluding carboxylic acids is 1. The molecule has 31 heavy (non-hydrogen) atoms. The molecular formula is C23H23AuN6O. The molecule has 0 aliphatic heterocycles. The molecule has 0 saturated heterocycles. The maximum absolute atomic E-state index is 11.8. The Bertz CT molecular complexity index is 920. The van der Waals surface area contributed by atoms with Crippen LogP contribution in [0.3, 0.4) is 0 Å². The van der Waals surface area contributed by atoms with Gasteiger partial charge in [0.1, 0.15) is 5.78 Å². The van der Waals surface area contributed by atoms with Gasteiger partial charge in [-0.3, -0.25) is 4.98 Å². The monoisotopic (exact) mass is 596 g/mol. The first-order chi connectivity index (χ1) is 14.5. The molecule has 1 heterocycles. The third kappa shape index (κ3) is 9.39. The van der Waals surface area contributed by atoms with Crippen LogP contribution >= 0.6 is 0 Å². The van der Waals surface area contributed by atoms with Gasteiger partial charge >= 0.3 is 22.4 Å². The van der Waals surface area contributed by atoms with Crippen molar-refractivity contribution >= 4 is 17.7 Å². The summed E-state index contributed by atoms with van der Waals surface area (Å²) in [5, 5.41) is 9.42. The number of nitrogens with two attached hydrogens (primary N) is 1. The predicted molar refractivity (Wildman–Crippen MR) is 120 cm³/mol. The Morgan fingerprint density at radius 2 is 1.81 bits per heavy atom. The summed E-state index contributed by atoms with van der Waals surface area (Å²) in [6.07, 6.45) is 2.41. The van der Waals surface area contributed by atoms with Gasteiger partial charge < -0.3 is 31.6 Å². The van der Waals surface area contributed by atoms with E-state index in [4.69, 9.17) is 11.5 Å². The number of nitrogens with one attached hydrogen (secondary N) is 1. The first-order valence-electron chi connectivity index (χ1n) is 9.26. The van der Waals surface area contributed by atoms with Crippen LogP contribution in [0, 0.1) is 6.07 Å². The zero-order valence-electron chi connectivity index (χ0n) is 17.0. The molecule has 162 valence electrons. The van der Waals surface area contributed by atoms with E-state index in [-0.39, 0.29) is 34.1 Å². The summed E-state index contributed by atoms with van der Waals surface area (Å²) < 4.78 is 0. The fourth-order valence-corrected chi connectivity index (χ4v) is 2.40. The average molecular weight is 596 g/mol. The molecule has 0 fully saturated rings. The molecule has 0 aliphatic carbocycles. The molecule has 7 nitrogen and oxygen atoms in total. The van der Waals surface area contributed by atoms with Gasteiger partial charge in [0.05, 0.1) is 5.69 Å². The second-order valence-electron chi connectivity index (χ2n) is 6.27. The quantitative estimate of drug-likeness (QED) is 0.159. The van der Waals surface area contributed by atoms with Crippen LogP contribution < -0.4 is 5.73 Å². The minimum Gasteiger partial charge on any atom is -0.454 e. The molecule has 8 heteroatoms. The zero-order valence-corrected chi connectivity index (χ0v) is 19.2. The number of carbonyl (C=O) groups is 1. The molecule has 3 aromatic rings. The van der Waals surface area contributed by atoms with E-state index >= 15 is 0 Å². The van der Waals surface area contributed by atoms with E-state index in [1.807, 2.05) is 42.5 Å². The fourth-order valence-electron chi connectivity index (χ4n) is 2.40. The first kappa shape index (κ1) is 25.8. The largest absolute Gasteiger partial charge is 3.00 e. The normalized spacial score (nSPS) is 10.2. The SMILES string of the molecule is CN(CCc1ccccc1)C(=[N-])/N=C(\[NH-])N.O=C(c1[c-]cccc1)c1ccccn1.[Au+3]. The van der Waals surface area contributed by atoms with Crippen molar-refractivity contribution in [2.45, 2.75) is 6.42 Å². The Morgan fingerprint density at radius 1 is 1.13 bits per heavy atom. The summed E-state index contributed by atoms with van der Waals surface area (Å²) in [5.74, 6) is -0.723. The molecule has 1 aromatic heterocycles. The van der Waals surface area contributed by atoms with E-state index in [0.717, 1.165) is 6.42 Å². The maximum Gasteiger partial charge on any atom is 3.00 e. The third-order valence-electron chi connectivity index (χ3n) is 3.99. The smallest absolute Gasteiger partial charge is 0.454 e. The molecule has 2 aromatic carbocycles. The Morgan fingerprint density at radius 3 is 2.39 bits per heavy atom. The van der Waals surface area contributed by atoms with Gasteiger partial charge in [-0.05, 0) is 37.7 Å². The van der Waals surface area contributed by atoms with Gasteiger partial charge in [0, 0.05) is 18.1 Å². The summed E-state index contributed by atoms with van der Waals surface area (Å²) in [4.78, 5) is 20.7. The maximum atomic E-state index is 11.8. The van der Waals surface area contributed by atoms with Crippen LogP contribution in [0.25, 0.3) is 11.1 Å². The molecule has 0 saturated carbocycles. The number of aliphatic imine (C=N–C) groups is 1. The van der Waals surface area contributed by atoms with Gasteiger partial charge in [0.2, 0.25) is 0 Å². The van der Waals surface area contributed by atoms with Crippen LogP contribution in [0.15, 0.2) is 84.0 Å². The van der Waals surface area contributed by atoms with Gasteiger partial charge in [-0.2, -0.15) is 0 Å². The number of ketones is 1. The Labute approximate surface area is 198 Å². The van der Waals surface area contributed by atoms with Gasteiger partial charge in [-0.25, -0.2) is 0 Å². The molecular weight excluding hydrogens is 573 g/mol. The second-order valence-corrected chi connectivity index (χ2v) is 6.27. The van der Waals surface area contributed by atoms with E-state index < -0.39 is 5.96 Å². The zero-order chi connectivity index (χ0) is 21.8. The molecule has 0 radical (unpaired) electrons. The average Bonchev–Trinajstić information content (AvgIpc) is 2.79. The molecule has 3 N–H and O–H groups in total. The van der Waals surface area contributed by atoms with Crippen LogP contribution in [0.4, 0.5) is 0 Å². The van der Waals surface area contributed by atoms with Gasteiger partial charge in [-0.15, -0.1) is 35.9 Å². The van der Waals surface area contributed by atoms with Crippen LogP contribution in [-0.2, 0) is 28.8 Å². The van der Waals surface area contributed by atoms with Crippen molar-refractivity contribution in [3.05, 3.63) is 113 Å². The van der Waals surface area contributed by atoms with Crippen molar-refractivity contribution < 1.29 is 27.2 Å². The molecule has 0 aliphatic rings. The van der Waals surface area contributed by atoms with Crippen molar-refractivity contribution in [1.82, 2.24) is 9.88 Å². The first-order valence-corrected chi connectivity index (χ1v) is 9.26. The van der Waals surface area contributed by atoms with Crippen molar-refractivity contribution in [3.63, 3.8) is 0 Å². The van der Waals surface area contributed by atoms with Crippen molar-refractivity contribution in [1.29, 1.82) is 0 Å². The molecule has 3 rings (SSSR count). The van der Waals surface area contributed by atoms with Crippen LogP contribution in [0.5, 0.6) is 0 Å². The summed E-state index contributed by atoms with van der Waals surface area (Å²) in [6, 6.07) is 25.2. The molecule has 0 unspecified atom stereocenters. The van der Waals surface area contributed by atoms with Crippen molar-refractivity contribution in [3.8, 4) is 0 Å². The number of hydrogen-bond donors (Lipinski definition) is 1. The van der Waals surface area contributed by atoms with E-state index in [9.17, 15) is 10.2 Å². The third-order valence-corrected chi connectivity index (χ3v) is 3.99. The van der Waals surface area contributed by atoms with E-state index in [1.165, 1.54) is 5.56 Å². The predicted octanol–water partition coefficient (Wildman–Crippen LogP) is 3.56. The number of pyridine rings is 1. The van der Waals surface area contributed by atoms with Gasteiger partial charge in [-0.1, -0.05) is 36.4 Å². The number of benzene rings is 2. The van der Waals surface area contributed by atoms with Gasteiger partial charge in [0.15, 0.2) is 0 Å².